The second-order valence-corrected chi connectivity index (χ2v) is 8.15. The summed E-state index contributed by atoms with van der Waals surface area (Å²) in [5.74, 6) is -0.131. The van der Waals surface area contributed by atoms with Gasteiger partial charge in [-0.1, -0.05) is 36.4 Å². The first-order valence-electron chi connectivity index (χ1n) is 8.15. The molecule has 3 rings (SSSR count). The highest BCUT2D eigenvalue weighted by Crippen LogP contribution is 2.31. The predicted molar refractivity (Wildman–Crippen MR) is 110 cm³/mol. The number of carbonyl (C=O) groups excluding carboxylic acids is 1. The number of anilines is 2. The number of carbonyl (C=O) groups is 1. The second kappa shape index (κ2) is 8.55. The summed E-state index contributed by atoms with van der Waals surface area (Å²) in [6.07, 6.45) is 0. The lowest BCUT2D eigenvalue weighted by molar-refractivity contribution is -0.0964. The van der Waals surface area contributed by atoms with Crippen molar-refractivity contribution in [3.05, 3.63) is 53.6 Å². The molecule has 2 amide bonds. The molecular weight excluding hydrogens is 431 g/mol. The first kappa shape index (κ1) is 20.7. The highest BCUT2D eigenvalue weighted by molar-refractivity contribution is 8.15. The van der Waals surface area contributed by atoms with Crippen LogP contribution in [0, 0.1) is 0 Å². The van der Waals surface area contributed by atoms with Crippen molar-refractivity contribution < 1.29 is 18.3 Å². The standard InChI is InChI=1S/C18H15Cl2F2N3O2S/c1-11-10-23-17(28-11)25(16(26)24-13-4-2-3-12(19)9-13)14-5-7-15(8-6-14)27-18(20,21)22/h2-9,11H,10H2,1H3,(H,24,26)/t11-/m0/s1. The first-order chi connectivity index (χ1) is 13.2. The third-order valence-corrected chi connectivity index (χ3v) is 4.98. The normalized spacial score (nSPS) is 16.5. The van der Waals surface area contributed by atoms with Gasteiger partial charge in [0, 0.05) is 27.6 Å². The molecule has 0 bridgehead atoms. The van der Waals surface area contributed by atoms with Crippen molar-refractivity contribution in [2.75, 3.05) is 16.8 Å². The molecule has 1 heterocycles. The van der Waals surface area contributed by atoms with Gasteiger partial charge in [-0.15, -0.1) is 8.78 Å². The molecule has 2 aromatic rings. The summed E-state index contributed by atoms with van der Waals surface area (Å²) in [7, 11) is 0. The smallest absolute Gasteiger partial charge is 0.420 e. The maximum absolute atomic E-state index is 12.9. The average Bonchev–Trinajstić information content (AvgIpc) is 3.01. The van der Waals surface area contributed by atoms with Crippen LogP contribution in [-0.4, -0.2) is 28.6 Å². The number of aliphatic imine (C=N–C) groups is 1. The summed E-state index contributed by atoms with van der Waals surface area (Å²) in [5, 5.41) is 3.96. The van der Waals surface area contributed by atoms with E-state index in [2.05, 4.69) is 15.0 Å². The monoisotopic (exact) mass is 445 g/mol. The van der Waals surface area contributed by atoms with E-state index in [9.17, 15) is 13.6 Å². The Morgan fingerprint density at radius 2 is 2.04 bits per heavy atom. The van der Waals surface area contributed by atoms with Gasteiger partial charge in [-0.05, 0) is 42.5 Å². The Balaban J connectivity index is 1.86. The van der Waals surface area contributed by atoms with E-state index in [1.165, 1.54) is 40.9 Å². The summed E-state index contributed by atoms with van der Waals surface area (Å²) in [6, 6.07) is 11.8. The fourth-order valence-corrected chi connectivity index (χ4v) is 3.67. The number of amides is 2. The molecule has 28 heavy (non-hydrogen) atoms. The number of ether oxygens (including phenoxy) is 1. The average molecular weight is 446 g/mol. The molecule has 0 aliphatic carbocycles. The topological polar surface area (TPSA) is 53.9 Å². The van der Waals surface area contributed by atoms with E-state index in [4.69, 9.17) is 23.2 Å². The number of nitrogens with zero attached hydrogens (tertiary/aromatic N) is 2. The van der Waals surface area contributed by atoms with Crippen molar-refractivity contribution >= 4 is 57.5 Å². The molecule has 0 saturated heterocycles. The molecule has 0 saturated carbocycles. The number of thioether (sulfide) groups is 1. The third-order valence-electron chi connectivity index (χ3n) is 3.59. The molecule has 0 unspecified atom stereocenters. The maximum atomic E-state index is 12.9. The first-order valence-corrected chi connectivity index (χ1v) is 9.78. The van der Waals surface area contributed by atoms with E-state index in [1.807, 2.05) is 6.92 Å². The van der Waals surface area contributed by atoms with Gasteiger partial charge in [0.15, 0.2) is 5.17 Å². The molecule has 1 aliphatic heterocycles. The Bertz CT molecular complexity index is 891. The van der Waals surface area contributed by atoms with Crippen molar-refractivity contribution in [2.45, 2.75) is 17.7 Å². The zero-order chi connectivity index (χ0) is 20.3. The van der Waals surface area contributed by atoms with Crippen LogP contribution < -0.4 is 15.0 Å². The van der Waals surface area contributed by atoms with Gasteiger partial charge >= 0.3 is 11.6 Å². The third kappa shape index (κ3) is 5.50. The minimum Gasteiger partial charge on any atom is -0.420 e. The maximum Gasteiger partial charge on any atom is 0.487 e. The van der Waals surface area contributed by atoms with Crippen LogP contribution in [0.4, 0.5) is 25.0 Å². The Hall–Kier alpha value is -2.03. The number of urea groups is 1. The van der Waals surface area contributed by atoms with Crippen molar-refractivity contribution in [3.63, 3.8) is 0 Å². The minimum absolute atomic E-state index is 0.131. The van der Waals surface area contributed by atoms with Gasteiger partial charge in [-0.2, -0.15) is 0 Å². The van der Waals surface area contributed by atoms with Crippen molar-refractivity contribution in [3.8, 4) is 5.75 Å². The van der Waals surface area contributed by atoms with Gasteiger partial charge < -0.3 is 10.1 Å². The largest absolute Gasteiger partial charge is 0.487 e. The van der Waals surface area contributed by atoms with Crippen LogP contribution in [0.2, 0.25) is 5.02 Å². The van der Waals surface area contributed by atoms with Crippen LogP contribution in [-0.2, 0) is 0 Å². The Morgan fingerprint density at radius 1 is 1.32 bits per heavy atom. The Kier molecular flexibility index (Phi) is 6.32. The van der Waals surface area contributed by atoms with Crippen molar-refractivity contribution in [2.24, 2.45) is 4.99 Å². The summed E-state index contributed by atoms with van der Waals surface area (Å²) in [6.45, 7) is 2.56. The van der Waals surface area contributed by atoms with E-state index in [1.54, 1.807) is 24.3 Å². The zero-order valence-corrected chi connectivity index (χ0v) is 16.9. The molecule has 0 aromatic heterocycles. The molecule has 0 radical (unpaired) electrons. The van der Waals surface area contributed by atoms with Crippen LogP contribution >= 0.6 is 35.0 Å². The van der Waals surface area contributed by atoms with E-state index in [-0.39, 0.29) is 11.0 Å². The lowest BCUT2D eigenvalue weighted by atomic mass is 10.3. The molecule has 2 aromatic carbocycles. The molecule has 148 valence electrons. The van der Waals surface area contributed by atoms with E-state index < -0.39 is 11.6 Å². The van der Waals surface area contributed by atoms with Crippen molar-refractivity contribution in [1.29, 1.82) is 0 Å². The van der Waals surface area contributed by atoms with Gasteiger partial charge in [0.05, 0.1) is 12.2 Å². The minimum atomic E-state index is -3.81. The zero-order valence-electron chi connectivity index (χ0n) is 14.5. The Morgan fingerprint density at radius 3 is 2.61 bits per heavy atom. The fraction of sp³-hybridized carbons (Fsp3) is 0.222. The number of alkyl halides is 3. The summed E-state index contributed by atoms with van der Waals surface area (Å²) in [5.41, 5.74) is -2.86. The number of rotatable bonds is 4. The van der Waals surface area contributed by atoms with Gasteiger partial charge in [0.25, 0.3) is 0 Å². The SMILES string of the molecule is C[C@H]1CN=C(N(C(=O)Nc2cccc(Cl)c2)c2ccc(OC(F)(F)Cl)cc2)S1. The summed E-state index contributed by atoms with van der Waals surface area (Å²) in [4.78, 5) is 18.7. The van der Waals surface area contributed by atoms with Gasteiger partial charge in [-0.3, -0.25) is 4.99 Å². The molecule has 0 fully saturated rings. The van der Waals surface area contributed by atoms with Crippen LogP contribution in [0.5, 0.6) is 5.75 Å². The molecular formula is C18H15Cl2F2N3O2S. The van der Waals surface area contributed by atoms with Gasteiger partial charge in [-0.25, -0.2) is 9.69 Å². The highest BCUT2D eigenvalue weighted by atomic mass is 35.5. The Labute approximate surface area is 174 Å². The number of benzene rings is 2. The number of halogens is 4. The molecule has 1 N–H and O–H groups in total. The quantitative estimate of drug-likeness (QED) is 0.583. The van der Waals surface area contributed by atoms with Crippen LogP contribution in [0.3, 0.4) is 0 Å². The number of hydrogen-bond acceptors (Lipinski definition) is 4. The lowest BCUT2D eigenvalue weighted by Gasteiger charge is -2.23. The van der Waals surface area contributed by atoms with E-state index in [0.717, 1.165) is 0 Å². The molecule has 5 nitrogen and oxygen atoms in total. The lowest BCUT2D eigenvalue weighted by Crippen LogP contribution is -2.38. The van der Waals surface area contributed by atoms with Crippen LogP contribution in [0.15, 0.2) is 53.5 Å². The summed E-state index contributed by atoms with van der Waals surface area (Å²) >= 11 is 12.2. The number of amidine groups is 1. The molecule has 10 heteroatoms. The second-order valence-electron chi connectivity index (χ2n) is 5.87. The predicted octanol–water partition coefficient (Wildman–Crippen LogP) is 6.04. The molecule has 1 atom stereocenters. The van der Waals surface area contributed by atoms with E-state index >= 15 is 0 Å². The van der Waals surface area contributed by atoms with Crippen LogP contribution in [0.25, 0.3) is 0 Å². The number of hydrogen-bond donors (Lipinski definition) is 1. The molecule has 1 aliphatic rings. The molecule has 0 spiro atoms. The highest BCUT2D eigenvalue weighted by Gasteiger charge is 2.29. The van der Waals surface area contributed by atoms with Gasteiger partial charge in [0.1, 0.15) is 5.75 Å². The van der Waals surface area contributed by atoms with Crippen molar-refractivity contribution in [1.82, 2.24) is 0 Å². The number of nitrogens with one attached hydrogen (secondary N) is 1. The van der Waals surface area contributed by atoms with Crippen LogP contribution in [0.1, 0.15) is 6.92 Å². The summed E-state index contributed by atoms with van der Waals surface area (Å²) < 4.78 is 29.9. The fourth-order valence-electron chi connectivity index (χ4n) is 2.44. The van der Waals surface area contributed by atoms with E-state index in [0.29, 0.717) is 28.1 Å². The van der Waals surface area contributed by atoms with Gasteiger partial charge in [0.2, 0.25) is 0 Å².